The van der Waals surface area contributed by atoms with E-state index < -0.39 is 17.2 Å². The number of para-hydroxylation sites is 1. The number of aromatic nitrogens is 3. The molecule has 7 nitrogen and oxygen atoms in total. The number of nitrogens with zero attached hydrogens (tertiary/aromatic N) is 3. The normalized spacial score (nSPS) is 15.7. The van der Waals surface area contributed by atoms with Gasteiger partial charge in [-0.15, -0.1) is 0 Å². The topological polar surface area (TPSA) is 67.4 Å². The van der Waals surface area contributed by atoms with Crippen molar-refractivity contribution < 1.29 is 9.47 Å². The van der Waals surface area contributed by atoms with Crippen LogP contribution in [-0.2, 0) is 9.47 Å². The van der Waals surface area contributed by atoms with Crippen molar-refractivity contribution in [3.63, 3.8) is 0 Å². The smallest absolute Gasteiger partial charge is 0.348 e. The van der Waals surface area contributed by atoms with E-state index in [1.54, 1.807) is 24.3 Å². The van der Waals surface area contributed by atoms with Crippen molar-refractivity contribution in [1.29, 1.82) is 0 Å². The molecule has 0 saturated heterocycles. The molecular formula is C25H21N3O4. The summed E-state index contributed by atoms with van der Waals surface area (Å²) < 4.78 is 15.8. The minimum absolute atomic E-state index is 0.415. The molecule has 2 heterocycles. The Morgan fingerprint density at radius 3 is 1.34 bits per heavy atom. The van der Waals surface area contributed by atoms with Crippen LogP contribution in [0.25, 0.3) is 5.69 Å². The van der Waals surface area contributed by atoms with Crippen LogP contribution in [0.5, 0.6) is 0 Å². The molecule has 0 saturated carbocycles. The third-order valence-corrected chi connectivity index (χ3v) is 5.68. The van der Waals surface area contributed by atoms with Crippen LogP contribution in [-0.4, -0.2) is 33.9 Å². The lowest BCUT2D eigenvalue weighted by atomic mass is 9.90. The molecule has 0 fully saturated rings. The molecule has 0 spiro atoms. The Labute approximate surface area is 184 Å². The lowest BCUT2D eigenvalue weighted by Gasteiger charge is -2.35. The van der Waals surface area contributed by atoms with E-state index in [1.165, 1.54) is 23.6 Å². The summed E-state index contributed by atoms with van der Waals surface area (Å²) >= 11 is 0. The first-order valence-corrected chi connectivity index (χ1v) is 10.1. The van der Waals surface area contributed by atoms with Crippen LogP contribution in [0.4, 0.5) is 0 Å². The Kier molecular flexibility index (Phi) is 4.92. The van der Waals surface area contributed by atoms with Crippen LogP contribution in [0, 0.1) is 12.1 Å². The first kappa shape index (κ1) is 20.2. The van der Waals surface area contributed by atoms with Crippen molar-refractivity contribution in [2.24, 2.45) is 0 Å². The summed E-state index contributed by atoms with van der Waals surface area (Å²) in [5.41, 5.74) is 0.859. The first-order valence-electron chi connectivity index (χ1n) is 10.1. The number of methoxy groups -OCH3 is 2. The van der Waals surface area contributed by atoms with Gasteiger partial charge in [0.2, 0.25) is 5.79 Å². The minimum atomic E-state index is -1.48. The van der Waals surface area contributed by atoms with Gasteiger partial charge in [-0.05, 0) is 23.3 Å². The van der Waals surface area contributed by atoms with Crippen molar-refractivity contribution in [3.05, 3.63) is 135 Å². The van der Waals surface area contributed by atoms with E-state index in [0.717, 1.165) is 4.57 Å². The molecule has 32 heavy (non-hydrogen) atoms. The van der Waals surface area contributed by atoms with E-state index in [2.05, 4.69) is 0 Å². The molecule has 160 valence electrons. The van der Waals surface area contributed by atoms with Gasteiger partial charge in [-0.1, -0.05) is 78.9 Å². The quantitative estimate of drug-likeness (QED) is 0.460. The second-order valence-corrected chi connectivity index (χ2v) is 7.31. The SMILES string of the molecule is COC1(OC)[C](c2ccccc2)n2c(=O)n(-c3ccccc3)c(=O)n2[C]1c1ccccc1. The molecule has 0 amide bonds. The lowest BCUT2D eigenvalue weighted by molar-refractivity contribution is -0.172. The predicted octanol–water partition coefficient (Wildman–Crippen LogP) is 2.66. The van der Waals surface area contributed by atoms with Gasteiger partial charge in [-0.25, -0.2) is 23.5 Å². The van der Waals surface area contributed by atoms with Crippen molar-refractivity contribution >= 4 is 0 Å². The second-order valence-electron chi connectivity index (χ2n) is 7.31. The number of benzene rings is 3. The number of rotatable bonds is 5. The number of ether oxygens (including phenoxy) is 2. The predicted molar refractivity (Wildman–Crippen MR) is 119 cm³/mol. The molecule has 1 aromatic heterocycles. The molecule has 4 aromatic rings. The molecule has 0 atom stereocenters. The Hall–Kier alpha value is -3.68. The van der Waals surface area contributed by atoms with Crippen molar-refractivity contribution in [2.75, 3.05) is 14.2 Å². The molecule has 0 N–H and O–H groups in total. The summed E-state index contributed by atoms with van der Waals surface area (Å²) in [6.07, 6.45) is 0. The van der Waals surface area contributed by atoms with Gasteiger partial charge in [0.25, 0.3) is 0 Å². The average molecular weight is 427 g/mol. The summed E-state index contributed by atoms with van der Waals surface area (Å²) in [6.45, 7) is 0. The maximum Gasteiger partial charge on any atom is 0.353 e. The Morgan fingerprint density at radius 1 is 0.594 bits per heavy atom. The third kappa shape index (κ3) is 2.75. The molecular weight excluding hydrogens is 406 g/mol. The van der Waals surface area contributed by atoms with Crippen molar-refractivity contribution in [2.45, 2.75) is 5.79 Å². The molecule has 0 aliphatic carbocycles. The monoisotopic (exact) mass is 427 g/mol. The molecule has 0 bridgehead atoms. The van der Waals surface area contributed by atoms with Gasteiger partial charge in [0, 0.05) is 14.2 Å². The van der Waals surface area contributed by atoms with Crippen LogP contribution in [0.2, 0.25) is 0 Å². The number of hydrogen-bond acceptors (Lipinski definition) is 4. The van der Waals surface area contributed by atoms with Crippen LogP contribution in [0.1, 0.15) is 11.1 Å². The molecule has 1 aliphatic heterocycles. The highest BCUT2D eigenvalue weighted by Gasteiger charge is 2.60. The van der Waals surface area contributed by atoms with E-state index in [-0.39, 0.29) is 0 Å². The number of hydrogen-bond donors (Lipinski definition) is 0. The molecule has 3 aromatic carbocycles. The largest absolute Gasteiger partial charge is 0.353 e. The van der Waals surface area contributed by atoms with Crippen molar-refractivity contribution in [1.82, 2.24) is 13.9 Å². The molecule has 2 radical (unpaired) electrons. The summed E-state index contributed by atoms with van der Waals surface area (Å²) in [6, 6.07) is 28.3. The number of fused-ring (bicyclic) bond motifs is 1. The zero-order valence-electron chi connectivity index (χ0n) is 17.6. The summed E-state index contributed by atoms with van der Waals surface area (Å²) in [7, 11) is 3.01. The summed E-state index contributed by atoms with van der Waals surface area (Å²) in [5, 5.41) is 0. The van der Waals surface area contributed by atoms with E-state index in [0.29, 0.717) is 28.9 Å². The first-order chi connectivity index (χ1) is 15.6. The second kappa shape index (κ2) is 7.78. The molecule has 5 rings (SSSR count). The maximum absolute atomic E-state index is 13.7. The fourth-order valence-electron chi connectivity index (χ4n) is 4.31. The van der Waals surface area contributed by atoms with E-state index >= 15 is 0 Å². The zero-order chi connectivity index (χ0) is 22.3. The maximum atomic E-state index is 13.7. The average Bonchev–Trinajstić information content (AvgIpc) is 3.29. The van der Waals surface area contributed by atoms with Crippen LogP contribution in [0.3, 0.4) is 0 Å². The summed E-state index contributed by atoms with van der Waals surface area (Å²) in [4.78, 5) is 27.4. The van der Waals surface area contributed by atoms with Crippen LogP contribution in [0.15, 0.2) is 101 Å². The molecule has 7 heteroatoms. The fraction of sp³-hybridized carbons (Fsp3) is 0.120. The van der Waals surface area contributed by atoms with Gasteiger partial charge in [-0.3, -0.25) is 0 Å². The zero-order valence-corrected chi connectivity index (χ0v) is 17.6. The van der Waals surface area contributed by atoms with Gasteiger partial charge in [0.15, 0.2) is 12.1 Å². The minimum Gasteiger partial charge on any atom is -0.348 e. The Balaban J connectivity index is 1.89. The van der Waals surface area contributed by atoms with Gasteiger partial charge in [0.05, 0.1) is 5.69 Å². The summed E-state index contributed by atoms with van der Waals surface area (Å²) in [5.74, 6) is -1.48. The van der Waals surface area contributed by atoms with Gasteiger partial charge >= 0.3 is 11.4 Å². The standard InChI is InChI=1S/C25H21N3O4/c1-31-25(32-2)21(18-12-6-3-7-13-18)27-23(29)26(20-16-10-5-11-17-20)24(30)28(27)22(25)19-14-8-4-9-15-19/h3-17H,1-2H3. The molecule has 0 unspecified atom stereocenters. The van der Waals surface area contributed by atoms with Gasteiger partial charge < -0.3 is 9.47 Å². The highest BCUT2D eigenvalue weighted by atomic mass is 16.7. The highest BCUT2D eigenvalue weighted by molar-refractivity contribution is 5.49. The van der Waals surface area contributed by atoms with Gasteiger partial charge in [0.1, 0.15) is 0 Å². The third-order valence-electron chi connectivity index (χ3n) is 5.68. The Bertz CT molecular complexity index is 1260. The van der Waals surface area contributed by atoms with Gasteiger partial charge in [-0.2, -0.15) is 0 Å². The van der Waals surface area contributed by atoms with E-state index in [9.17, 15) is 9.59 Å². The fourth-order valence-corrected chi connectivity index (χ4v) is 4.31. The van der Waals surface area contributed by atoms with Crippen molar-refractivity contribution in [3.8, 4) is 5.69 Å². The van der Waals surface area contributed by atoms with E-state index in [4.69, 9.17) is 9.47 Å². The van der Waals surface area contributed by atoms with E-state index in [1.807, 2.05) is 66.7 Å². The Morgan fingerprint density at radius 2 is 0.969 bits per heavy atom. The lowest BCUT2D eigenvalue weighted by Crippen LogP contribution is -2.48. The van der Waals surface area contributed by atoms with Crippen LogP contribution >= 0.6 is 0 Å². The molecule has 1 aliphatic rings. The van der Waals surface area contributed by atoms with Crippen LogP contribution < -0.4 is 11.4 Å². The highest BCUT2D eigenvalue weighted by Crippen LogP contribution is 2.47.